The third kappa shape index (κ3) is 4.22. The second-order valence-electron chi connectivity index (χ2n) is 8.45. The first-order valence-electron chi connectivity index (χ1n) is 10.2. The number of furan rings is 1. The highest BCUT2D eigenvalue weighted by Crippen LogP contribution is 2.40. The average molecular weight is 407 g/mol. The highest BCUT2D eigenvalue weighted by molar-refractivity contribution is 5.99. The molecule has 1 aromatic heterocycles. The fourth-order valence-electron chi connectivity index (χ4n) is 4.92. The summed E-state index contributed by atoms with van der Waals surface area (Å²) in [5, 5.41) is 4.26. The molecule has 6 heteroatoms. The van der Waals surface area contributed by atoms with E-state index in [0.717, 1.165) is 42.2 Å². The van der Waals surface area contributed by atoms with Crippen molar-refractivity contribution in [3.8, 4) is 0 Å². The summed E-state index contributed by atoms with van der Waals surface area (Å²) in [6.07, 6.45) is 5.65. The first kappa shape index (κ1) is 21.2. The van der Waals surface area contributed by atoms with Gasteiger partial charge < -0.3 is 20.2 Å². The molecule has 1 heterocycles. The van der Waals surface area contributed by atoms with Crippen molar-refractivity contribution in [3.05, 3.63) is 35.6 Å². The van der Waals surface area contributed by atoms with E-state index in [1.54, 1.807) is 0 Å². The number of ether oxygens (including phenoxy) is 1. The van der Waals surface area contributed by atoms with E-state index in [-0.39, 0.29) is 36.5 Å². The summed E-state index contributed by atoms with van der Waals surface area (Å²) in [5.74, 6) is 1.24. The molecule has 2 fully saturated rings. The molecule has 4 rings (SSSR count). The van der Waals surface area contributed by atoms with E-state index in [9.17, 15) is 4.79 Å². The van der Waals surface area contributed by atoms with E-state index in [1.165, 1.54) is 6.42 Å². The molecule has 0 spiro atoms. The van der Waals surface area contributed by atoms with Crippen molar-refractivity contribution < 1.29 is 13.9 Å². The van der Waals surface area contributed by atoms with Gasteiger partial charge in [-0.25, -0.2) is 0 Å². The molecule has 1 amide bonds. The molecule has 0 radical (unpaired) electrons. The summed E-state index contributed by atoms with van der Waals surface area (Å²) in [6, 6.07) is 8.26. The Kier molecular flexibility index (Phi) is 6.69. The van der Waals surface area contributed by atoms with Gasteiger partial charge in [-0.3, -0.25) is 4.79 Å². The largest absolute Gasteiger partial charge is 0.451 e. The number of carbonyl (C=O) groups is 1. The Morgan fingerprint density at radius 2 is 1.93 bits per heavy atom. The van der Waals surface area contributed by atoms with Crippen LogP contribution < -0.4 is 11.1 Å². The van der Waals surface area contributed by atoms with E-state index in [0.29, 0.717) is 24.2 Å². The number of hydrogen-bond donors (Lipinski definition) is 2. The van der Waals surface area contributed by atoms with Gasteiger partial charge in [0.15, 0.2) is 5.76 Å². The van der Waals surface area contributed by atoms with E-state index in [1.807, 2.05) is 38.1 Å². The van der Waals surface area contributed by atoms with Crippen LogP contribution in [0.1, 0.15) is 62.1 Å². The number of rotatable bonds is 5. The molecule has 2 aromatic rings. The Balaban J connectivity index is 0.00000225. The second-order valence-corrected chi connectivity index (χ2v) is 8.45. The molecule has 28 heavy (non-hydrogen) atoms. The zero-order valence-corrected chi connectivity index (χ0v) is 17.5. The predicted octanol–water partition coefficient (Wildman–Crippen LogP) is 4.42. The summed E-state index contributed by atoms with van der Waals surface area (Å²) in [6.45, 7) is 4.36. The molecule has 2 unspecified atom stereocenters. The van der Waals surface area contributed by atoms with Gasteiger partial charge in [0, 0.05) is 23.0 Å². The van der Waals surface area contributed by atoms with Gasteiger partial charge >= 0.3 is 0 Å². The zero-order valence-electron chi connectivity index (χ0n) is 16.6. The number of carbonyl (C=O) groups excluding carboxylic acids is 1. The van der Waals surface area contributed by atoms with Crippen molar-refractivity contribution >= 4 is 29.3 Å². The van der Waals surface area contributed by atoms with Crippen LogP contribution in [0.4, 0.5) is 0 Å². The number of benzene rings is 1. The topological polar surface area (TPSA) is 77.5 Å². The maximum atomic E-state index is 13.2. The fraction of sp³-hybridized carbons (Fsp3) is 0.591. The van der Waals surface area contributed by atoms with Gasteiger partial charge in [-0.15, -0.1) is 12.4 Å². The van der Waals surface area contributed by atoms with Crippen LogP contribution in [0.3, 0.4) is 0 Å². The maximum Gasteiger partial charge on any atom is 0.287 e. The summed E-state index contributed by atoms with van der Waals surface area (Å²) in [5.41, 5.74) is 7.80. The van der Waals surface area contributed by atoms with Crippen LogP contribution in [0.2, 0.25) is 0 Å². The molecule has 154 valence electrons. The molecule has 2 aliphatic carbocycles. The molecule has 2 saturated carbocycles. The lowest BCUT2D eigenvalue weighted by atomic mass is 9.67. The van der Waals surface area contributed by atoms with Crippen molar-refractivity contribution in [2.45, 2.75) is 70.7 Å². The Hall–Kier alpha value is -1.56. The first-order valence-corrected chi connectivity index (χ1v) is 10.2. The van der Waals surface area contributed by atoms with Crippen molar-refractivity contribution in [3.63, 3.8) is 0 Å². The minimum Gasteiger partial charge on any atom is -0.451 e. The number of para-hydroxylation sites is 1. The van der Waals surface area contributed by atoms with Gasteiger partial charge in [-0.2, -0.15) is 0 Å². The summed E-state index contributed by atoms with van der Waals surface area (Å²) in [4.78, 5) is 13.2. The van der Waals surface area contributed by atoms with Gasteiger partial charge in [0.2, 0.25) is 0 Å². The predicted molar refractivity (Wildman–Crippen MR) is 113 cm³/mol. The molecule has 0 aliphatic heterocycles. The summed E-state index contributed by atoms with van der Waals surface area (Å²) >= 11 is 0. The van der Waals surface area contributed by atoms with Crippen LogP contribution in [0.25, 0.3) is 11.0 Å². The number of hydrogen-bond acceptors (Lipinski definition) is 4. The summed E-state index contributed by atoms with van der Waals surface area (Å²) < 4.78 is 11.8. The highest BCUT2D eigenvalue weighted by atomic mass is 35.5. The van der Waals surface area contributed by atoms with E-state index in [4.69, 9.17) is 14.9 Å². The molecular formula is C22H31ClN2O3. The molecule has 0 saturated heterocycles. The van der Waals surface area contributed by atoms with Crippen LogP contribution in [0.5, 0.6) is 0 Å². The lowest BCUT2D eigenvalue weighted by Crippen LogP contribution is -2.53. The maximum absolute atomic E-state index is 13.2. The van der Waals surface area contributed by atoms with Gasteiger partial charge in [0.05, 0.1) is 12.7 Å². The average Bonchev–Trinajstić information content (AvgIpc) is 2.99. The van der Waals surface area contributed by atoms with Crippen LogP contribution >= 0.6 is 12.4 Å². The molecule has 5 nitrogen and oxygen atoms in total. The van der Waals surface area contributed by atoms with Gasteiger partial charge in [-0.05, 0) is 57.4 Å². The lowest BCUT2D eigenvalue weighted by Gasteiger charge is -2.45. The Bertz CT molecular complexity index is 805. The Morgan fingerprint density at radius 3 is 2.61 bits per heavy atom. The van der Waals surface area contributed by atoms with E-state index >= 15 is 0 Å². The van der Waals surface area contributed by atoms with Gasteiger partial charge in [0.1, 0.15) is 5.58 Å². The SMILES string of the molecule is CC(C)OCc1c(C(=O)NC2C3CCCC2CC(N)C3)oc2ccccc12.Cl. The molecule has 2 bridgehead atoms. The van der Waals surface area contributed by atoms with Crippen molar-refractivity contribution in [2.24, 2.45) is 17.6 Å². The van der Waals surface area contributed by atoms with Crippen LogP contribution in [0.15, 0.2) is 28.7 Å². The minimum absolute atomic E-state index is 0. The fourth-order valence-corrected chi connectivity index (χ4v) is 4.92. The normalized spacial score (nSPS) is 26.9. The Labute approximate surface area is 172 Å². The number of nitrogens with one attached hydrogen (secondary N) is 1. The summed E-state index contributed by atoms with van der Waals surface area (Å²) in [7, 11) is 0. The van der Waals surface area contributed by atoms with E-state index < -0.39 is 0 Å². The third-order valence-corrected chi connectivity index (χ3v) is 6.14. The van der Waals surface area contributed by atoms with Gasteiger partial charge in [-0.1, -0.05) is 24.6 Å². The molecule has 2 aliphatic rings. The number of fused-ring (bicyclic) bond motifs is 3. The number of amides is 1. The molecule has 3 N–H and O–H groups in total. The smallest absolute Gasteiger partial charge is 0.287 e. The van der Waals surface area contributed by atoms with Gasteiger partial charge in [0.25, 0.3) is 5.91 Å². The number of halogens is 1. The van der Waals surface area contributed by atoms with Crippen LogP contribution in [0, 0.1) is 11.8 Å². The minimum atomic E-state index is -0.120. The van der Waals surface area contributed by atoms with Crippen molar-refractivity contribution in [2.75, 3.05) is 0 Å². The monoisotopic (exact) mass is 406 g/mol. The highest BCUT2D eigenvalue weighted by Gasteiger charge is 2.40. The second kappa shape index (κ2) is 8.85. The molecular weight excluding hydrogens is 376 g/mol. The lowest BCUT2D eigenvalue weighted by molar-refractivity contribution is 0.0622. The third-order valence-electron chi connectivity index (χ3n) is 6.14. The Morgan fingerprint density at radius 1 is 1.25 bits per heavy atom. The quantitative estimate of drug-likeness (QED) is 0.770. The number of nitrogens with two attached hydrogens (primary N) is 1. The molecule has 1 aromatic carbocycles. The zero-order chi connectivity index (χ0) is 19.0. The van der Waals surface area contributed by atoms with Crippen LogP contribution in [-0.2, 0) is 11.3 Å². The van der Waals surface area contributed by atoms with Crippen LogP contribution in [-0.4, -0.2) is 24.1 Å². The molecule has 2 atom stereocenters. The van der Waals surface area contributed by atoms with Crippen molar-refractivity contribution in [1.82, 2.24) is 5.32 Å². The van der Waals surface area contributed by atoms with E-state index in [2.05, 4.69) is 5.32 Å². The standard InChI is InChI=1S/C22H30N2O3.ClH/c1-13(2)26-12-18-17-8-3-4-9-19(17)27-21(18)22(25)24-20-14-6-5-7-15(20)11-16(23)10-14;/h3-4,8-9,13-16,20H,5-7,10-12,23H2,1-2H3,(H,24,25);1H. The first-order chi connectivity index (χ1) is 13.0. The van der Waals surface area contributed by atoms with Crippen molar-refractivity contribution in [1.29, 1.82) is 0 Å².